The first-order valence-corrected chi connectivity index (χ1v) is 9.37. The van der Waals surface area contributed by atoms with Gasteiger partial charge in [0.15, 0.2) is 0 Å². The van der Waals surface area contributed by atoms with E-state index in [4.69, 9.17) is 44.5 Å². The van der Waals surface area contributed by atoms with Gasteiger partial charge in [-0.05, 0) is 49.7 Å². The third kappa shape index (κ3) is 4.08. The van der Waals surface area contributed by atoms with Crippen molar-refractivity contribution in [3.8, 4) is 17.5 Å². The van der Waals surface area contributed by atoms with Crippen LogP contribution < -0.4 is 5.32 Å². The molecule has 0 amide bonds. The third-order valence-corrected chi connectivity index (χ3v) is 5.40. The molecule has 0 aliphatic rings. The lowest BCUT2D eigenvalue weighted by Gasteiger charge is -2.21. The Morgan fingerprint density at radius 2 is 1.89 bits per heavy atom. The number of benzene rings is 2. The molecular formula is C19H15Cl3N4O2. The standard InChI is InChI=1S/C19H15Cl3N4O2/c1-9-15(6-4-12(8-23)16(9)22)24-17(10(2)27)19-26-25-18(28-19)11-3-5-13(20)14(21)7-11/h3-7,10,17,24,27H,1-2H3. The number of nitriles is 1. The number of hydrogen-bond acceptors (Lipinski definition) is 6. The van der Waals surface area contributed by atoms with Crippen LogP contribution >= 0.6 is 34.8 Å². The SMILES string of the molecule is Cc1c(NC(c2nnc(-c3ccc(Cl)c(Cl)c3)o2)C(C)O)ccc(C#N)c1Cl. The highest BCUT2D eigenvalue weighted by atomic mass is 35.5. The van der Waals surface area contributed by atoms with E-state index < -0.39 is 12.1 Å². The van der Waals surface area contributed by atoms with Crippen LogP contribution in [0.2, 0.25) is 15.1 Å². The smallest absolute Gasteiger partial charge is 0.247 e. The number of hydrogen-bond donors (Lipinski definition) is 2. The minimum atomic E-state index is -0.851. The van der Waals surface area contributed by atoms with Gasteiger partial charge in [0.05, 0.1) is 26.7 Å². The van der Waals surface area contributed by atoms with Crippen molar-refractivity contribution in [2.45, 2.75) is 26.0 Å². The van der Waals surface area contributed by atoms with Gasteiger partial charge in [-0.15, -0.1) is 10.2 Å². The van der Waals surface area contributed by atoms with Gasteiger partial charge in [-0.25, -0.2) is 0 Å². The van der Waals surface area contributed by atoms with Gasteiger partial charge in [-0.3, -0.25) is 0 Å². The molecule has 3 aromatic rings. The molecule has 0 bridgehead atoms. The molecule has 0 fully saturated rings. The highest BCUT2D eigenvalue weighted by molar-refractivity contribution is 6.42. The second-order valence-corrected chi connectivity index (χ2v) is 7.34. The first kappa shape index (κ1) is 20.4. The number of anilines is 1. The molecule has 6 nitrogen and oxygen atoms in total. The summed E-state index contributed by atoms with van der Waals surface area (Å²) in [6.45, 7) is 3.38. The Labute approximate surface area is 176 Å². The van der Waals surface area contributed by atoms with Crippen LogP contribution in [-0.4, -0.2) is 21.4 Å². The van der Waals surface area contributed by atoms with Crippen molar-refractivity contribution in [1.29, 1.82) is 5.26 Å². The molecule has 3 rings (SSSR count). The second kappa shape index (κ2) is 8.38. The molecule has 2 N–H and O–H groups in total. The van der Waals surface area contributed by atoms with E-state index in [9.17, 15) is 5.11 Å². The molecule has 0 spiro atoms. The fourth-order valence-corrected chi connectivity index (χ4v) is 3.10. The van der Waals surface area contributed by atoms with Crippen molar-refractivity contribution < 1.29 is 9.52 Å². The Bertz CT molecular complexity index is 1060. The summed E-state index contributed by atoms with van der Waals surface area (Å²) >= 11 is 18.2. The predicted molar refractivity (Wildman–Crippen MR) is 109 cm³/mol. The summed E-state index contributed by atoms with van der Waals surface area (Å²) in [7, 11) is 0. The van der Waals surface area contributed by atoms with Crippen LogP contribution in [0.4, 0.5) is 5.69 Å². The summed E-state index contributed by atoms with van der Waals surface area (Å²) < 4.78 is 5.74. The second-order valence-electron chi connectivity index (χ2n) is 6.15. The Morgan fingerprint density at radius 3 is 2.54 bits per heavy atom. The summed E-state index contributed by atoms with van der Waals surface area (Å²) in [5, 5.41) is 31.7. The topological polar surface area (TPSA) is 95.0 Å². The summed E-state index contributed by atoms with van der Waals surface area (Å²) in [6, 6.07) is 9.62. The highest BCUT2D eigenvalue weighted by Crippen LogP contribution is 2.32. The molecule has 0 radical (unpaired) electrons. The minimum Gasteiger partial charge on any atom is -0.418 e. The first-order valence-electron chi connectivity index (χ1n) is 8.24. The van der Waals surface area contributed by atoms with Gasteiger partial charge in [0.25, 0.3) is 0 Å². The van der Waals surface area contributed by atoms with Gasteiger partial charge in [-0.1, -0.05) is 34.8 Å². The largest absolute Gasteiger partial charge is 0.418 e. The number of nitrogens with zero attached hydrogens (tertiary/aromatic N) is 3. The fraction of sp³-hybridized carbons (Fsp3) is 0.211. The van der Waals surface area contributed by atoms with Crippen LogP contribution in [0.3, 0.4) is 0 Å². The van der Waals surface area contributed by atoms with Crippen molar-refractivity contribution in [1.82, 2.24) is 10.2 Å². The summed E-state index contributed by atoms with van der Waals surface area (Å²) in [5.41, 5.74) is 2.30. The monoisotopic (exact) mass is 436 g/mol. The number of nitrogens with one attached hydrogen (secondary N) is 1. The van der Waals surface area contributed by atoms with Gasteiger partial charge < -0.3 is 14.8 Å². The highest BCUT2D eigenvalue weighted by Gasteiger charge is 2.25. The lowest BCUT2D eigenvalue weighted by Crippen LogP contribution is -2.23. The number of halogens is 3. The summed E-state index contributed by atoms with van der Waals surface area (Å²) in [5.74, 6) is 0.437. The maximum Gasteiger partial charge on any atom is 0.247 e. The van der Waals surface area contributed by atoms with Crippen molar-refractivity contribution in [3.05, 3.63) is 62.4 Å². The van der Waals surface area contributed by atoms with Gasteiger partial charge in [0.2, 0.25) is 11.8 Å². The van der Waals surface area contributed by atoms with Crippen LogP contribution in [0.1, 0.15) is 30.0 Å². The Balaban J connectivity index is 1.92. The third-order valence-electron chi connectivity index (χ3n) is 4.17. The quantitative estimate of drug-likeness (QED) is 0.554. The van der Waals surface area contributed by atoms with Crippen LogP contribution in [0.5, 0.6) is 0 Å². The van der Waals surface area contributed by atoms with E-state index in [1.165, 1.54) is 0 Å². The van der Waals surface area contributed by atoms with E-state index in [0.717, 1.165) is 0 Å². The van der Waals surface area contributed by atoms with Gasteiger partial charge in [0, 0.05) is 11.3 Å². The Hall–Kier alpha value is -2.30. The average molecular weight is 438 g/mol. The molecule has 2 unspecified atom stereocenters. The molecule has 2 atom stereocenters. The van der Waals surface area contributed by atoms with E-state index in [2.05, 4.69) is 15.5 Å². The molecule has 1 heterocycles. The zero-order chi connectivity index (χ0) is 20.4. The van der Waals surface area contributed by atoms with Crippen LogP contribution in [0, 0.1) is 18.3 Å². The van der Waals surface area contributed by atoms with Gasteiger partial charge >= 0.3 is 0 Å². The molecule has 0 saturated heterocycles. The van der Waals surface area contributed by atoms with E-state index in [0.29, 0.717) is 37.4 Å². The maximum absolute atomic E-state index is 10.2. The lowest BCUT2D eigenvalue weighted by molar-refractivity contribution is 0.159. The van der Waals surface area contributed by atoms with Crippen LogP contribution in [0.15, 0.2) is 34.7 Å². The van der Waals surface area contributed by atoms with Crippen molar-refractivity contribution in [2.75, 3.05) is 5.32 Å². The molecule has 0 saturated carbocycles. The molecule has 28 heavy (non-hydrogen) atoms. The molecular weight excluding hydrogens is 423 g/mol. The van der Waals surface area contributed by atoms with Crippen molar-refractivity contribution in [2.24, 2.45) is 0 Å². The van der Waals surface area contributed by atoms with Crippen molar-refractivity contribution in [3.63, 3.8) is 0 Å². The normalized spacial score (nSPS) is 13.0. The van der Waals surface area contributed by atoms with E-state index >= 15 is 0 Å². The molecule has 0 aliphatic carbocycles. The zero-order valence-electron chi connectivity index (χ0n) is 14.9. The van der Waals surface area contributed by atoms with E-state index in [-0.39, 0.29) is 11.8 Å². The zero-order valence-corrected chi connectivity index (χ0v) is 17.1. The summed E-state index contributed by atoms with van der Waals surface area (Å²) in [6.07, 6.45) is -0.851. The molecule has 144 valence electrons. The van der Waals surface area contributed by atoms with Gasteiger partial charge in [-0.2, -0.15) is 5.26 Å². The number of aliphatic hydroxyl groups is 1. The summed E-state index contributed by atoms with van der Waals surface area (Å²) in [4.78, 5) is 0. The van der Waals surface area contributed by atoms with Crippen molar-refractivity contribution >= 4 is 40.5 Å². The molecule has 1 aromatic heterocycles. The molecule has 9 heteroatoms. The van der Waals surface area contributed by atoms with Crippen LogP contribution in [-0.2, 0) is 0 Å². The minimum absolute atomic E-state index is 0.191. The Morgan fingerprint density at radius 1 is 1.14 bits per heavy atom. The maximum atomic E-state index is 10.2. The lowest BCUT2D eigenvalue weighted by atomic mass is 10.1. The fourth-order valence-electron chi connectivity index (χ4n) is 2.59. The number of aromatic nitrogens is 2. The van der Waals surface area contributed by atoms with Crippen LogP contribution in [0.25, 0.3) is 11.5 Å². The van der Waals surface area contributed by atoms with E-state index in [1.54, 1.807) is 44.2 Å². The molecule has 2 aromatic carbocycles. The molecule has 0 aliphatic heterocycles. The Kier molecular flexibility index (Phi) is 6.11. The first-order chi connectivity index (χ1) is 13.3. The number of aliphatic hydroxyl groups excluding tert-OH is 1. The van der Waals surface area contributed by atoms with E-state index in [1.807, 2.05) is 6.07 Å². The van der Waals surface area contributed by atoms with Gasteiger partial charge in [0.1, 0.15) is 12.1 Å². The predicted octanol–water partition coefficient (Wildman–Crippen LogP) is 5.41. The average Bonchev–Trinajstić information content (AvgIpc) is 3.14. The number of rotatable bonds is 5.